The van der Waals surface area contributed by atoms with Gasteiger partial charge in [0, 0.05) is 0 Å². The summed E-state index contributed by atoms with van der Waals surface area (Å²) in [4.78, 5) is 2.19. The second kappa shape index (κ2) is 2.66. The molecule has 78 valence electrons. The first-order valence-corrected chi connectivity index (χ1v) is 5.04. The van der Waals surface area contributed by atoms with Crippen molar-refractivity contribution in [3.63, 3.8) is 0 Å². The van der Waals surface area contributed by atoms with E-state index in [1.54, 1.807) is 0 Å². The van der Waals surface area contributed by atoms with Crippen molar-refractivity contribution in [2.75, 3.05) is 11.5 Å². The van der Waals surface area contributed by atoms with Gasteiger partial charge in [-0.3, -0.25) is 10.3 Å². The lowest BCUT2D eigenvalue weighted by Gasteiger charge is -2.37. The summed E-state index contributed by atoms with van der Waals surface area (Å²) in [5, 5.41) is 4.28. The first-order chi connectivity index (χ1) is 7.18. The summed E-state index contributed by atoms with van der Waals surface area (Å²) in [5.41, 5.74) is 4.02. The van der Waals surface area contributed by atoms with E-state index in [2.05, 4.69) is 35.3 Å². The molecule has 0 unspecified atom stereocenters. The van der Waals surface area contributed by atoms with Gasteiger partial charge in [-0.05, 0) is 26.0 Å². The topological polar surface area (TPSA) is 36.9 Å². The molecule has 0 saturated carbocycles. The van der Waals surface area contributed by atoms with Crippen LogP contribution in [0.2, 0.25) is 0 Å². The average Bonchev–Trinajstić information content (AvgIpc) is 2.55. The van der Waals surface area contributed by atoms with E-state index in [-0.39, 0.29) is 5.66 Å². The van der Waals surface area contributed by atoms with Crippen molar-refractivity contribution in [1.29, 1.82) is 0 Å². The van der Waals surface area contributed by atoms with E-state index >= 15 is 0 Å². The molecular weight excluding hydrogens is 190 g/mol. The Labute approximate surface area is 88.5 Å². The maximum absolute atomic E-state index is 5.62. The van der Waals surface area contributed by atoms with Crippen LogP contribution in [0.4, 0.5) is 5.69 Å². The molecule has 0 atom stereocenters. The number of anilines is 1. The van der Waals surface area contributed by atoms with Crippen molar-refractivity contribution in [1.82, 2.24) is 5.43 Å². The number of nitrogens with zero attached hydrogens (tertiary/aromatic N) is 2. The molecule has 4 heteroatoms. The molecule has 0 spiro atoms. The zero-order valence-corrected chi connectivity index (χ0v) is 8.82. The van der Waals surface area contributed by atoms with Gasteiger partial charge in [0.2, 0.25) is 0 Å². The molecule has 0 saturated heterocycles. The number of hydrazone groups is 1. The number of rotatable bonds is 0. The molecule has 2 heterocycles. The van der Waals surface area contributed by atoms with Crippen LogP contribution in [0.1, 0.15) is 13.8 Å². The molecule has 2 aliphatic heterocycles. The molecule has 0 fully saturated rings. The molecule has 0 aromatic heterocycles. The van der Waals surface area contributed by atoms with Gasteiger partial charge in [-0.1, -0.05) is 12.1 Å². The Hall–Kier alpha value is -1.71. The summed E-state index contributed by atoms with van der Waals surface area (Å²) in [6.45, 7) is 4.74. The number of amidine groups is 1. The third-order valence-corrected chi connectivity index (χ3v) is 2.74. The maximum Gasteiger partial charge on any atom is 0.169 e. The van der Waals surface area contributed by atoms with Crippen LogP contribution in [0.25, 0.3) is 0 Å². The molecule has 0 amide bonds. The lowest BCUT2D eigenvalue weighted by molar-refractivity contribution is 0.357. The minimum Gasteiger partial charge on any atom is -0.483 e. The zero-order valence-electron chi connectivity index (χ0n) is 8.82. The summed E-state index contributed by atoms with van der Waals surface area (Å²) < 4.78 is 5.62. The van der Waals surface area contributed by atoms with E-state index in [1.165, 1.54) is 0 Å². The highest BCUT2D eigenvalue weighted by molar-refractivity contribution is 6.03. The van der Waals surface area contributed by atoms with Gasteiger partial charge in [0.1, 0.15) is 18.0 Å². The van der Waals surface area contributed by atoms with Gasteiger partial charge >= 0.3 is 0 Å². The molecule has 1 aromatic rings. The Kier molecular flexibility index (Phi) is 1.52. The highest BCUT2D eigenvalue weighted by Gasteiger charge is 2.39. The number of hydrogen-bond donors (Lipinski definition) is 1. The van der Waals surface area contributed by atoms with Crippen LogP contribution in [0.3, 0.4) is 0 Å². The average molecular weight is 203 g/mol. The summed E-state index contributed by atoms with van der Waals surface area (Å²) in [7, 11) is 0. The Bertz CT molecular complexity index is 439. The van der Waals surface area contributed by atoms with Crippen molar-refractivity contribution in [2.45, 2.75) is 19.5 Å². The van der Waals surface area contributed by atoms with Crippen LogP contribution in [0.5, 0.6) is 5.75 Å². The van der Waals surface area contributed by atoms with Gasteiger partial charge in [0.05, 0.1) is 5.69 Å². The van der Waals surface area contributed by atoms with Crippen LogP contribution in [-0.4, -0.2) is 18.1 Å². The fourth-order valence-corrected chi connectivity index (χ4v) is 2.07. The van der Waals surface area contributed by atoms with Crippen LogP contribution < -0.4 is 15.1 Å². The van der Waals surface area contributed by atoms with Crippen LogP contribution >= 0.6 is 0 Å². The Morgan fingerprint density at radius 2 is 2.20 bits per heavy atom. The second-order valence-corrected chi connectivity index (χ2v) is 4.29. The summed E-state index contributed by atoms with van der Waals surface area (Å²) in [6.07, 6.45) is 0. The molecule has 0 bridgehead atoms. The highest BCUT2D eigenvalue weighted by Crippen LogP contribution is 2.37. The quantitative estimate of drug-likeness (QED) is 0.695. The fourth-order valence-electron chi connectivity index (χ4n) is 2.07. The van der Waals surface area contributed by atoms with Gasteiger partial charge in [-0.2, -0.15) is 5.10 Å². The Morgan fingerprint density at radius 3 is 3.07 bits per heavy atom. The summed E-state index contributed by atoms with van der Waals surface area (Å²) in [5.74, 6) is 1.87. The van der Waals surface area contributed by atoms with E-state index in [4.69, 9.17) is 4.74 Å². The Balaban J connectivity index is 2.15. The monoisotopic (exact) mass is 203 g/mol. The van der Waals surface area contributed by atoms with E-state index in [0.717, 1.165) is 17.3 Å². The number of nitrogens with one attached hydrogen (secondary N) is 1. The van der Waals surface area contributed by atoms with Crippen molar-refractivity contribution in [3.05, 3.63) is 24.3 Å². The van der Waals surface area contributed by atoms with E-state index in [1.807, 2.05) is 18.2 Å². The molecule has 1 N–H and O–H groups in total. The van der Waals surface area contributed by atoms with E-state index < -0.39 is 0 Å². The van der Waals surface area contributed by atoms with Gasteiger partial charge in [0.15, 0.2) is 5.84 Å². The number of hydrogen-bond acceptors (Lipinski definition) is 4. The molecule has 15 heavy (non-hydrogen) atoms. The van der Waals surface area contributed by atoms with Crippen molar-refractivity contribution in [3.8, 4) is 5.75 Å². The maximum atomic E-state index is 5.62. The first-order valence-electron chi connectivity index (χ1n) is 5.04. The molecule has 4 nitrogen and oxygen atoms in total. The standard InChI is InChI=1S/C11H13N3O/c1-11(2)13-12-10-7-15-9-6-4-3-5-8(9)14(10)11/h3-6,13H,7H2,1-2H3. The van der Waals surface area contributed by atoms with Crippen LogP contribution in [0.15, 0.2) is 29.4 Å². The van der Waals surface area contributed by atoms with Gasteiger partial charge in [-0.25, -0.2) is 0 Å². The minimum atomic E-state index is -0.171. The molecule has 3 rings (SSSR count). The lowest BCUT2D eigenvalue weighted by Crippen LogP contribution is -2.52. The van der Waals surface area contributed by atoms with E-state index in [0.29, 0.717) is 6.61 Å². The van der Waals surface area contributed by atoms with Gasteiger partial charge < -0.3 is 4.74 Å². The van der Waals surface area contributed by atoms with Crippen LogP contribution in [-0.2, 0) is 0 Å². The smallest absolute Gasteiger partial charge is 0.169 e. The predicted octanol–water partition coefficient (Wildman–Crippen LogP) is 1.54. The van der Waals surface area contributed by atoms with Crippen molar-refractivity contribution >= 4 is 11.5 Å². The third kappa shape index (κ3) is 1.11. The molecule has 0 aliphatic carbocycles. The van der Waals surface area contributed by atoms with Crippen molar-refractivity contribution < 1.29 is 4.74 Å². The molecule has 2 aliphatic rings. The lowest BCUT2D eigenvalue weighted by atomic mass is 10.1. The van der Waals surface area contributed by atoms with Gasteiger partial charge in [-0.15, -0.1) is 0 Å². The third-order valence-electron chi connectivity index (χ3n) is 2.74. The SMILES string of the molecule is CC1(C)NN=C2COc3ccccc3N21. The normalized spacial score (nSPS) is 20.9. The highest BCUT2D eigenvalue weighted by atomic mass is 16.5. The molecule has 0 radical (unpaired) electrons. The zero-order chi connectivity index (χ0) is 10.5. The number of fused-ring (bicyclic) bond motifs is 3. The number of ether oxygens (including phenoxy) is 1. The minimum absolute atomic E-state index is 0.171. The summed E-state index contributed by atoms with van der Waals surface area (Å²) in [6, 6.07) is 8.04. The number of benzene rings is 1. The van der Waals surface area contributed by atoms with Crippen molar-refractivity contribution in [2.24, 2.45) is 5.10 Å². The fraction of sp³-hybridized carbons (Fsp3) is 0.364. The largest absolute Gasteiger partial charge is 0.483 e. The first kappa shape index (κ1) is 8.59. The summed E-state index contributed by atoms with van der Waals surface area (Å²) >= 11 is 0. The number of para-hydroxylation sites is 2. The van der Waals surface area contributed by atoms with E-state index in [9.17, 15) is 0 Å². The molecular formula is C11H13N3O. The predicted molar refractivity (Wildman–Crippen MR) is 59.1 cm³/mol. The van der Waals surface area contributed by atoms with Gasteiger partial charge in [0.25, 0.3) is 0 Å². The Morgan fingerprint density at radius 1 is 1.40 bits per heavy atom. The second-order valence-electron chi connectivity index (χ2n) is 4.29. The van der Waals surface area contributed by atoms with Crippen LogP contribution in [0, 0.1) is 0 Å². The molecule has 1 aromatic carbocycles.